The highest BCUT2D eigenvalue weighted by Crippen LogP contribution is 2.35. The second-order valence-electron chi connectivity index (χ2n) is 6.94. The van der Waals surface area contributed by atoms with Crippen LogP contribution in [0.2, 0.25) is 0 Å². The minimum atomic E-state index is -0.0494. The molecule has 2 aliphatic rings. The number of nitrogens with two attached hydrogens (primary N) is 2. The molecule has 2 fully saturated rings. The van der Waals surface area contributed by atoms with Gasteiger partial charge in [-0.2, -0.15) is 0 Å². The van der Waals surface area contributed by atoms with E-state index in [0.717, 1.165) is 36.8 Å². The maximum atomic E-state index is 6.19. The maximum Gasteiger partial charge on any atom is 0.158 e. The van der Waals surface area contributed by atoms with Crippen molar-refractivity contribution in [3.8, 4) is 0 Å². The second-order valence-corrected chi connectivity index (χ2v) is 8.23. The fraction of sp³-hybridized carbons (Fsp3) is 0.750. The smallest absolute Gasteiger partial charge is 0.158 e. The Morgan fingerprint density at radius 1 is 1.23 bits per heavy atom. The van der Waals surface area contributed by atoms with Crippen molar-refractivity contribution in [1.29, 1.82) is 0 Å². The molecule has 22 heavy (non-hydrogen) atoms. The van der Waals surface area contributed by atoms with Gasteiger partial charge < -0.3 is 16.4 Å². The minimum absolute atomic E-state index is 0.0494. The largest absolute Gasteiger partial charge is 0.381 e. The van der Waals surface area contributed by atoms with Gasteiger partial charge in [0.2, 0.25) is 0 Å². The average Bonchev–Trinajstić information content (AvgIpc) is 2.50. The number of anilines is 2. The van der Waals surface area contributed by atoms with Crippen molar-refractivity contribution in [3.05, 3.63) is 6.20 Å². The van der Waals surface area contributed by atoms with Crippen molar-refractivity contribution in [1.82, 2.24) is 9.97 Å². The van der Waals surface area contributed by atoms with Crippen LogP contribution in [-0.2, 0) is 0 Å². The lowest BCUT2D eigenvalue weighted by Crippen LogP contribution is -2.48. The van der Waals surface area contributed by atoms with E-state index >= 15 is 0 Å². The molecule has 6 heteroatoms. The van der Waals surface area contributed by atoms with Gasteiger partial charge in [-0.25, -0.2) is 9.97 Å². The molecule has 1 saturated carbocycles. The molecule has 1 aromatic heterocycles. The van der Waals surface area contributed by atoms with E-state index in [2.05, 4.69) is 21.8 Å². The average molecular weight is 321 g/mol. The summed E-state index contributed by atoms with van der Waals surface area (Å²) in [6.07, 6.45) is 10.4. The Bertz CT molecular complexity index is 503. The number of piperidine rings is 1. The molecule has 1 aromatic rings. The van der Waals surface area contributed by atoms with Crippen molar-refractivity contribution in [2.45, 2.75) is 67.7 Å². The lowest BCUT2D eigenvalue weighted by atomic mass is 9.91. The van der Waals surface area contributed by atoms with Gasteiger partial charge in [-0.3, -0.25) is 0 Å². The van der Waals surface area contributed by atoms with Crippen LogP contribution in [0.5, 0.6) is 0 Å². The lowest BCUT2D eigenvalue weighted by Gasteiger charge is -2.37. The number of nitrogen functional groups attached to an aromatic ring is 1. The summed E-state index contributed by atoms with van der Waals surface area (Å²) in [6.45, 7) is 3.97. The molecule has 0 atom stereocenters. The summed E-state index contributed by atoms with van der Waals surface area (Å²) in [5.41, 5.74) is 12.3. The summed E-state index contributed by atoms with van der Waals surface area (Å²) in [6, 6.07) is 0. The number of thioether (sulfide) groups is 1. The third-order valence-corrected chi connectivity index (χ3v) is 6.15. The van der Waals surface area contributed by atoms with Crippen LogP contribution < -0.4 is 16.4 Å². The SMILES string of the molecule is CC1(N)CCN(c2cnc(SC3CCCCC3)c(N)n2)CC1. The Morgan fingerprint density at radius 3 is 2.55 bits per heavy atom. The van der Waals surface area contributed by atoms with Crippen LogP contribution in [0.25, 0.3) is 0 Å². The van der Waals surface area contributed by atoms with Gasteiger partial charge in [0.25, 0.3) is 0 Å². The monoisotopic (exact) mass is 321 g/mol. The number of rotatable bonds is 3. The highest BCUT2D eigenvalue weighted by molar-refractivity contribution is 8.00. The van der Waals surface area contributed by atoms with E-state index in [1.165, 1.54) is 32.1 Å². The molecular formula is C16H27N5S. The van der Waals surface area contributed by atoms with E-state index in [9.17, 15) is 0 Å². The molecule has 5 nitrogen and oxygen atoms in total. The van der Waals surface area contributed by atoms with Gasteiger partial charge in [-0.15, -0.1) is 0 Å². The molecule has 0 unspecified atom stereocenters. The highest BCUT2D eigenvalue weighted by Gasteiger charge is 2.27. The zero-order valence-electron chi connectivity index (χ0n) is 13.4. The van der Waals surface area contributed by atoms with Crippen molar-refractivity contribution in [2.24, 2.45) is 5.73 Å². The van der Waals surface area contributed by atoms with Crippen LogP contribution in [0.3, 0.4) is 0 Å². The van der Waals surface area contributed by atoms with Crippen molar-refractivity contribution in [2.75, 3.05) is 23.7 Å². The molecule has 0 bridgehead atoms. The molecule has 122 valence electrons. The van der Waals surface area contributed by atoms with Crippen molar-refractivity contribution >= 4 is 23.4 Å². The normalized spacial score (nSPS) is 22.7. The topological polar surface area (TPSA) is 81.1 Å². The van der Waals surface area contributed by atoms with Crippen LogP contribution in [-0.4, -0.2) is 33.8 Å². The van der Waals surface area contributed by atoms with Gasteiger partial charge in [0.15, 0.2) is 5.82 Å². The summed E-state index contributed by atoms with van der Waals surface area (Å²) in [5.74, 6) is 1.47. The zero-order valence-corrected chi connectivity index (χ0v) is 14.2. The van der Waals surface area contributed by atoms with E-state index in [1.807, 2.05) is 18.0 Å². The molecule has 1 saturated heterocycles. The Hall–Kier alpha value is -1.01. The first-order valence-electron chi connectivity index (χ1n) is 8.36. The van der Waals surface area contributed by atoms with E-state index < -0.39 is 0 Å². The molecule has 1 aliphatic carbocycles. The first kappa shape index (κ1) is 15.9. The third-order valence-electron chi connectivity index (χ3n) is 4.81. The number of hydrogen-bond acceptors (Lipinski definition) is 6. The standard InChI is InChI=1S/C16H27N5S/c1-16(18)7-9-21(10-8-16)13-11-19-15(14(17)20-13)22-12-5-3-2-4-6-12/h11-12H,2-10,18H2,1H3,(H2,17,20). The van der Waals surface area contributed by atoms with Gasteiger partial charge >= 0.3 is 0 Å². The van der Waals surface area contributed by atoms with Gasteiger partial charge in [-0.05, 0) is 32.6 Å². The number of nitrogens with zero attached hydrogens (tertiary/aromatic N) is 3. The molecule has 0 amide bonds. The fourth-order valence-corrected chi connectivity index (χ4v) is 4.38. The lowest BCUT2D eigenvalue weighted by molar-refractivity contribution is 0.363. The third kappa shape index (κ3) is 3.84. The molecule has 3 rings (SSSR count). The Labute approximate surface area is 137 Å². The highest BCUT2D eigenvalue weighted by atomic mass is 32.2. The summed E-state index contributed by atoms with van der Waals surface area (Å²) in [5, 5.41) is 1.56. The molecule has 0 aromatic carbocycles. The first-order chi connectivity index (χ1) is 10.5. The van der Waals surface area contributed by atoms with Crippen molar-refractivity contribution in [3.63, 3.8) is 0 Å². The predicted molar refractivity (Wildman–Crippen MR) is 93.2 cm³/mol. The summed E-state index contributed by atoms with van der Waals surface area (Å²) in [7, 11) is 0. The molecule has 0 spiro atoms. The van der Waals surface area contributed by atoms with Crippen LogP contribution in [0.4, 0.5) is 11.6 Å². The molecular weight excluding hydrogens is 294 g/mol. The second kappa shape index (κ2) is 6.62. The first-order valence-corrected chi connectivity index (χ1v) is 9.24. The van der Waals surface area contributed by atoms with Crippen LogP contribution in [0, 0.1) is 0 Å². The maximum absolute atomic E-state index is 6.19. The Morgan fingerprint density at radius 2 is 1.91 bits per heavy atom. The van der Waals surface area contributed by atoms with Gasteiger partial charge in [0.05, 0.1) is 6.20 Å². The molecule has 4 N–H and O–H groups in total. The van der Waals surface area contributed by atoms with Gasteiger partial charge in [0, 0.05) is 23.9 Å². The minimum Gasteiger partial charge on any atom is -0.381 e. The molecule has 2 heterocycles. The van der Waals surface area contributed by atoms with Crippen LogP contribution >= 0.6 is 11.8 Å². The van der Waals surface area contributed by atoms with E-state index in [4.69, 9.17) is 11.5 Å². The van der Waals surface area contributed by atoms with Gasteiger partial charge in [0.1, 0.15) is 10.8 Å². The zero-order chi connectivity index (χ0) is 15.6. The van der Waals surface area contributed by atoms with Crippen LogP contribution in [0.1, 0.15) is 51.9 Å². The summed E-state index contributed by atoms with van der Waals surface area (Å²) < 4.78 is 0. The van der Waals surface area contributed by atoms with E-state index in [1.54, 1.807) is 0 Å². The number of aromatic nitrogens is 2. The quantitative estimate of drug-likeness (QED) is 0.891. The molecule has 1 aliphatic heterocycles. The van der Waals surface area contributed by atoms with Crippen LogP contribution in [0.15, 0.2) is 11.2 Å². The van der Waals surface area contributed by atoms with E-state index in [0.29, 0.717) is 11.1 Å². The molecule has 0 radical (unpaired) electrons. The van der Waals surface area contributed by atoms with Gasteiger partial charge in [-0.1, -0.05) is 31.0 Å². The summed E-state index contributed by atoms with van der Waals surface area (Å²) in [4.78, 5) is 11.4. The number of hydrogen-bond donors (Lipinski definition) is 2. The Kier molecular flexibility index (Phi) is 4.78. The Balaban J connectivity index is 1.64. The van der Waals surface area contributed by atoms with Crippen molar-refractivity contribution < 1.29 is 0 Å². The summed E-state index contributed by atoms with van der Waals surface area (Å²) >= 11 is 1.81. The fourth-order valence-electron chi connectivity index (χ4n) is 3.21. The predicted octanol–water partition coefficient (Wildman–Crippen LogP) is 2.80. The van der Waals surface area contributed by atoms with E-state index in [-0.39, 0.29) is 5.54 Å².